The van der Waals surface area contributed by atoms with Crippen LogP contribution in [0.15, 0.2) is 41.8 Å². The predicted molar refractivity (Wildman–Crippen MR) is 90.7 cm³/mol. The molecule has 0 aliphatic carbocycles. The second-order valence-electron chi connectivity index (χ2n) is 4.91. The fourth-order valence-corrected chi connectivity index (χ4v) is 2.52. The highest BCUT2D eigenvalue weighted by atomic mass is 32.1. The van der Waals surface area contributed by atoms with Crippen molar-refractivity contribution in [3.63, 3.8) is 0 Å². The van der Waals surface area contributed by atoms with Crippen LogP contribution in [-0.4, -0.2) is 24.0 Å². The molecule has 0 saturated carbocycles. The second-order valence-corrected chi connectivity index (χ2v) is 5.95. The highest BCUT2D eigenvalue weighted by Gasteiger charge is 2.19. The summed E-state index contributed by atoms with van der Waals surface area (Å²) in [4.78, 5) is 35.9. The third-order valence-electron chi connectivity index (χ3n) is 3.04. The van der Waals surface area contributed by atoms with Crippen LogP contribution in [0.2, 0.25) is 0 Å². The van der Waals surface area contributed by atoms with Crippen LogP contribution in [0.1, 0.15) is 22.2 Å². The van der Waals surface area contributed by atoms with E-state index in [-0.39, 0.29) is 11.5 Å². The predicted octanol–water partition coefficient (Wildman–Crippen LogP) is 2.10. The van der Waals surface area contributed by atoms with Gasteiger partial charge in [0.25, 0.3) is 5.91 Å². The molecule has 0 aliphatic heterocycles. The number of ether oxygens (including phenoxy) is 1. The molecule has 0 fully saturated rings. The lowest BCUT2D eigenvalue weighted by molar-refractivity contribution is -0.129. The first kappa shape index (κ1) is 17.5. The lowest BCUT2D eigenvalue weighted by Crippen LogP contribution is -2.35. The van der Waals surface area contributed by atoms with E-state index < -0.39 is 18.1 Å². The average Bonchev–Trinajstić information content (AvgIpc) is 3.05. The van der Waals surface area contributed by atoms with E-state index in [1.165, 1.54) is 30.4 Å². The monoisotopic (exact) mass is 347 g/mol. The van der Waals surface area contributed by atoms with Crippen LogP contribution in [0.25, 0.3) is 0 Å². The number of carbonyl (C=O) groups excluding carboxylic acids is 3. The van der Waals surface area contributed by atoms with Gasteiger partial charge < -0.3 is 21.1 Å². The van der Waals surface area contributed by atoms with E-state index in [1.807, 2.05) is 17.5 Å². The zero-order chi connectivity index (χ0) is 17.5. The number of anilines is 1. The Labute approximate surface area is 142 Å². The summed E-state index contributed by atoms with van der Waals surface area (Å²) < 4.78 is 5.14. The molecule has 1 atom stereocenters. The number of nitrogens with one attached hydrogen (secondary N) is 2. The lowest BCUT2D eigenvalue weighted by Gasteiger charge is -2.13. The Morgan fingerprint density at radius 2 is 2.04 bits per heavy atom. The molecular formula is C16H17N3O4S. The minimum absolute atomic E-state index is 0.208. The molecule has 0 radical (unpaired) electrons. The van der Waals surface area contributed by atoms with Crippen LogP contribution in [0, 0.1) is 0 Å². The van der Waals surface area contributed by atoms with Gasteiger partial charge in [0.1, 0.15) is 0 Å². The summed E-state index contributed by atoms with van der Waals surface area (Å²) >= 11 is 1.53. The maximum absolute atomic E-state index is 12.1. The minimum atomic E-state index is -0.940. The summed E-state index contributed by atoms with van der Waals surface area (Å²) in [6, 6.07) is 9.15. The molecule has 7 nitrogen and oxygen atoms in total. The van der Waals surface area contributed by atoms with Gasteiger partial charge in [-0.15, -0.1) is 11.3 Å². The van der Waals surface area contributed by atoms with Crippen molar-refractivity contribution in [2.24, 2.45) is 5.73 Å². The van der Waals surface area contributed by atoms with Crippen molar-refractivity contribution in [2.75, 3.05) is 5.32 Å². The number of nitrogens with two attached hydrogens (primary N) is 1. The van der Waals surface area contributed by atoms with Crippen molar-refractivity contribution in [3.8, 4) is 0 Å². The van der Waals surface area contributed by atoms with Gasteiger partial charge in [0.05, 0.1) is 12.1 Å². The normalized spacial score (nSPS) is 11.4. The van der Waals surface area contributed by atoms with Gasteiger partial charge in [0, 0.05) is 10.6 Å². The van der Waals surface area contributed by atoms with Crippen LogP contribution < -0.4 is 16.4 Å². The van der Waals surface area contributed by atoms with E-state index in [0.717, 1.165) is 4.88 Å². The van der Waals surface area contributed by atoms with Crippen LogP contribution in [-0.2, 0) is 16.1 Å². The molecule has 8 heteroatoms. The molecule has 0 unspecified atom stereocenters. The molecule has 1 aromatic heterocycles. The second kappa shape index (κ2) is 8.11. The maximum Gasteiger partial charge on any atom is 0.338 e. The van der Waals surface area contributed by atoms with Gasteiger partial charge >= 0.3 is 12.0 Å². The maximum atomic E-state index is 12.1. The molecule has 1 heterocycles. The van der Waals surface area contributed by atoms with Gasteiger partial charge in [0.2, 0.25) is 0 Å². The van der Waals surface area contributed by atoms with Crippen molar-refractivity contribution >= 4 is 34.9 Å². The third-order valence-corrected chi connectivity index (χ3v) is 3.91. The highest BCUT2D eigenvalue weighted by molar-refractivity contribution is 7.09. The third kappa shape index (κ3) is 5.10. The van der Waals surface area contributed by atoms with Crippen molar-refractivity contribution in [1.82, 2.24) is 5.32 Å². The first-order valence-corrected chi connectivity index (χ1v) is 8.01. The molecule has 3 amide bonds. The van der Waals surface area contributed by atoms with Crippen LogP contribution >= 0.6 is 11.3 Å². The lowest BCUT2D eigenvalue weighted by atomic mass is 10.2. The zero-order valence-electron chi connectivity index (χ0n) is 12.9. The summed E-state index contributed by atoms with van der Waals surface area (Å²) in [5.41, 5.74) is 5.60. The average molecular weight is 347 g/mol. The molecule has 0 aliphatic rings. The minimum Gasteiger partial charge on any atom is -0.449 e. The highest BCUT2D eigenvalue weighted by Crippen LogP contribution is 2.13. The summed E-state index contributed by atoms with van der Waals surface area (Å²) in [6.45, 7) is 1.88. The number of rotatable bonds is 6. The largest absolute Gasteiger partial charge is 0.449 e. The SMILES string of the molecule is C[C@H](OC(=O)c1cccc(NC(N)=O)c1)C(=O)NCc1cccs1. The topological polar surface area (TPSA) is 111 Å². The van der Waals surface area contributed by atoms with Crippen LogP contribution in [0.4, 0.5) is 10.5 Å². The molecule has 0 spiro atoms. The van der Waals surface area contributed by atoms with E-state index in [9.17, 15) is 14.4 Å². The Balaban J connectivity index is 1.90. The van der Waals surface area contributed by atoms with E-state index in [0.29, 0.717) is 12.2 Å². The Bertz CT molecular complexity index is 731. The van der Waals surface area contributed by atoms with E-state index in [1.54, 1.807) is 12.1 Å². The van der Waals surface area contributed by atoms with E-state index >= 15 is 0 Å². The van der Waals surface area contributed by atoms with Crippen molar-refractivity contribution in [1.29, 1.82) is 0 Å². The molecule has 4 N–H and O–H groups in total. The number of hydrogen-bond donors (Lipinski definition) is 3. The molecule has 2 rings (SSSR count). The number of primary amides is 1. The standard InChI is InChI=1S/C16H17N3O4S/c1-10(14(20)18-9-13-6-3-7-24-13)23-15(21)11-4-2-5-12(8-11)19-16(17)22/h2-8,10H,9H2,1H3,(H,18,20)(H3,17,19,22)/t10-/m0/s1. The molecule has 2 aromatic rings. The number of carbonyl (C=O) groups is 3. The fraction of sp³-hybridized carbons (Fsp3) is 0.188. The Morgan fingerprint density at radius 1 is 1.25 bits per heavy atom. The van der Waals surface area contributed by atoms with Gasteiger partial charge in [-0.05, 0) is 36.6 Å². The van der Waals surface area contributed by atoms with E-state index in [4.69, 9.17) is 10.5 Å². The molecule has 0 saturated heterocycles. The van der Waals surface area contributed by atoms with Crippen LogP contribution in [0.5, 0.6) is 0 Å². The van der Waals surface area contributed by atoms with Gasteiger partial charge in [-0.2, -0.15) is 0 Å². The number of hydrogen-bond acceptors (Lipinski definition) is 5. The first-order valence-electron chi connectivity index (χ1n) is 7.13. The molecule has 126 valence electrons. The van der Waals surface area contributed by atoms with Gasteiger partial charge in [-0.1, -0.05) is 12.1 Å². The number of benzene rings is 1. The van der Waals surface area contributed by atoms with E-state index in [2.05, 4.69) is 10.6 Å². The number of thiophene rings is 1. The quantitative estimate of drug-likeness (QED) is 0.695. The Kier molecular flexibility index (Phi) is 5.91. The molecule has 0 bridgehead atoms. The summed E-state index contributed by atoms with van der Waals surface area (Å²) in [5.74, 6) is -1.05. The Hall–Kier alpha value is -2.87. The van der Waals surface area contributed by atoms with Crippen molar-refractivity contribution in [2.45, 2.75) is 19.6 Å². The number of urea groups is 1. The molecule has 24 heavy (non-hydrogen) atoms. The summed E-state index contributed by atoms with van der Waals surface area (Å²) in [6.07, 6.45) is -0.940. The number of amides is 3. The van der Waals surface area contributed by atoms with Crippen molar-refractivity contribution < 1.29 is 19.1 Å². The first-order chi connectivity index (χ1) is 11.5. The summed E-state index contributed by atoms with van der Waals surface area (Å²) in [7, 11) is 0. The molecule has 1 aromatic carbocycles. The van der Waals surface area contributed by atoms with Crippen LogP contribution in [0.3, 0.4) is 0 Å². The fourth-order valence-electron chi connectivity index (χ4n) is 1.88. The Morgan fingerprint density at radius 3 is 2.71 bits per heavy atom. The zero-order valence-corrected chi connectivity index (χ0v) is 13.8. The van der Waals surface area contributed by atoms with Crippen molar-refractivity contribution in [3.05, 3.63) is 52.2 Å². The van der Waals surface area contributed by atoms with Gasteiger partial charge in [0.15, 0.2) is 6.10 Å². The smallest absolute Gasteiger partial charge is 0.338 e. The number of esters is 1. The van der Waals surface area contributed by atoms with Gasteiger partial charge in [-0.3, -0.25) is 4.79 Å². The van der Waals surface area contributed by atoms with Gasteiger partial charge in [-0.25, -0.2) is 9.59 Å². The molecular weight excluding hydrogens is 330 g/mol. The summed E-state index contributed by atoms with van der Waals surface area (Å²) in [5, 5.41) is 6.98.